The van der Waals surface area contributed by atoms with Gasteiger partial charge in [0.2, 0.25) is 0 Å². The van der Waals surface area contributed by atoms with Crippen LogP contribution in [0.25, 0.3) is 6.08 Å². The van der Waals surface area contributed by atoms with E-state index in [0.29, 0.717) is 11.3 Å². The summed E-state index contributed by atoms with van der Waals surface area (Å²) in [6, 6.07) is 10.5. The first-order chi connectivity index (χ1) is 13.4. The lowest BCUT2D eigenvalue weighted by Gasteiger charge is -2.57. The molecule has 0 unspecified atom stereocenters. The third kappa shape index (κ3) is 2.91. The van der Waals surface area contributed by atoms with E-state index in [1.54, 1.807) is 0 Å². The molecular weight excluding hydrogens is 344 g/mol. The Morgan fingerprint density at radius 2 is 1.79 bits per heavy atom. The van der Waals surface area contributed by atoms with E-state index in [9.17, 15) is 10.2 Å². The summed E-state index contributed by atoms with van der Waals surface area (Å²) in [5.74, 6) is 2.92. The minimum absolute atomic E-state index is 0.0453. The van der Waals surface area contributed by atoms with Crippen molar-refractivity contribution in [3.05, 3.63) is 41.5 Å². The summed E-state index contributed by atoms with van der Waals surface area (Å²) in [7, 11) is 0. The largest absolute Gasteiger partial charge is 0.393 e. The Hall–Kier alpha value is -1.12. The van der Waals surface area contributed by atoms with Crippen molar-refractivity contribution in [3.8, 4) is 0 Å². The van der Waals surface area contributed by atoms with Crippen LogP contribution in [-0.2, 0) is 0 Å². The van der Waals surface area contributed by atoms with E-state index in [1.165, 1.54) is 36.8 Å². The molecule has 8 atom stereocenters. The van der Waals surface area contributed by atoms with Gasteiger partial charge in [0.15, 0.2) is 0 Å². The minimum atomic E-state index is -0.292. The van der Waals surface area contributed by atoms with Crippen molar-refractivity contribution in [1.29, 1.82) is 0 Å². The molecule has 0 amide bonds. The molecule has 0 aromatic heterocycles. The van der Waals surface area contributed by atoms with E-state index in [0.717, 1.165) is 43.4 Å². The molecule has 28 heavy (non-hydrogen) atoms. The number of fused-ring (bicyclic) bond motifs is 4. The highest BCUT2D eigenvalue weighted by Crippen LogP contribution is 2.65. The normalized spacial score (nSPS) is 49.4. The molecular formula is C26H36O2. The smallest absolute Gasteiger partial charge is 0.0809 e. The fourth-order valence-corrected chi connectivity index (χ4v) is 7.87. The van der Waals surface area contributed by atoms with Crippen molar-refractivity contribution in [3.63, 3.8) is 0 Å². The van der Waals surface area contributed by atoms with Gasteiger partial charge in [-0.1, -0.05) is 50.3 Å². The maximum Gasteiger partial charge on any atom is 0.0809 e. The molecule has 1 aromatic carbocycles. The Bertz CT molecular complexity index is 755. The van der Waals surface area contributed by atoms with Crippen molar-refractivity contribution in [2.75, 3.05) is 0 Å². The van der Waals surface area contributed by atoms with Crippen LogP contribution in [0.15, 0.2) is 35.9 Å². The van der Waals surface area contributed by atoms with E-state index in [2.05, 4.69) is 50.3 Å². The van der Waals surface area contributed by atoms with Gasteiger partial charge in [0.25, 0.3) is 0 Å². The standard InChI is InChI=1S/C26H36O2/c1-25-15-18-10-11-26(2)23(22(18)14-20(25)8-9-21(27)16-25)13-19(24(26)28)12-17-6-4-3-5-7-17/h3-7,12,18,20-24,27-28H,8-11,13-16H2,1-2H3/b19-12+/t18-,20+,21+,22-,23+,24+,25-,26+/m0/s1. The molecule has 2 nitrogen and oxygen atoms in total. The number of benzene rings is 1. The van der Waals surface area contributed by atoms with Gasteiger partial charge < -0.3 is 10.2 Å². The maximum absolute atomic E-state index is 11.3. The Kier molecular flexibility index (Phi) is 4.52. The van der Waals surface area contributed by atoms with Crippen molar-refractivity contribution >= 4 is 6.08 Å². The molecule has 0 spiro atoms. The van der Waals surface area contributed by atoms with Gasteiger partial charge in [0.05, 0.1) is 12.2 Å². The molecule has 4 saturated carbocycles. The average Bonchev–Trinajstić information content (AvgIpc) is 2.92. The first-order valence-corrected chi connectivity index (χ1v) is 11.5. The van der Waals surface area contributed by atoms with Crippen molar-refractivity contribution in [2.24, 2.45) is 34.5 Å². The average molecular weight is 381 g/mol. The molecule has 152 valence electrons. The third-order valence-corrected chi connectivity index (χ3v) is 9.43. The van der Waals surface area contributed by atoms with Gasteiger partial charge in [-0.2, -0.15) is 0 Å². The van der Waals surface area contributed by atoms with Crippen LogP contribution in [0.2, 0.25) is 0 Å². The summed E-state index contributed by atoms with van der Waals surface area (Å²) >= 11 is 0. The highest BCUT2D eigenvalue weighted by molar-refractivity contribution is 5.55. The van der Waals surface area contributed by atoms with Gasteiger partial charge >= 0.3 is 0 Å². The number of hydrogen-bond acceptors (Lipinski definition) is 2. The molecule has 2 heteroatoms. The molecule has 0 saturated heterocycles. The summed E-state index contributed by atoms with van der Waals surface area (Å²) in [5, 5.41) is 21.6. The van der Waals surface area contributed by atoms with E-state index in [-0.39, 0.29) is 17.6 Å². The van der Waals surface area contributed by atoms with E-state index < -0.39 is 0 Å². The SMILES string of the molecule is C[C@]12C[C@H](O)CC[C@@H]1C[C@H]1[C@@H](CC[C@@]3(C)[C@H](O)/C(=C/c4ccccc4)C[C@H]13)C2. The van der Waals surface area contributed by atoms with Gasteiger partial charge in [0.1, 0.15) is 0 Å². The second-order valence-corrected chi connectivity index (χ2v) is 11.0. The second kappa shape index (κ2) is 6.71. The number of aliphatic hydroxyl groups is 2. The van der Waals surface area contributed by atoms with Crippen LogP contribution in [0.1, 0.15) is 70.8 Å². The Morgan fingerprint density at radius 1 is 1.00 bits per heavy atom. The van der Waals surface area contributed by atoms with Gasteiger partial charge in [-0.3, -0.25) is 0 Å². The molecule has 0 aliphatic heterocycles. The Morgan fingerprint density at radius 3 is 2.57 bits per heavy atom. The molecule has 4 fully saturated rings. The van der Waals surface area contributed by atoms with Crippen molar-refractivity contribution in [1.82, 2.24) is 0 Å². The lowest BCUT2D eigenvalue weighted by molar-refractivity contribution is -0.108. The van der Waals surface area contributed by atoms with Crippen LogP contribution in [0.3, 0.4) is 0 Å². The van der Waals surface area contributed by atoms with Gasteiger partial charge in [-0.25, -0.2) is 0 Å². The van der Waals surface area contributed by atoms with Crippen LogP contribution in [0.5, 0.6) is 0 Å². The predicted octanol–water partition coefficient (Wildman–Crippen LogP) is 5.44. The van der Waals surface area contributed by atoms with Gasteiger partial charge in [0, 0.05) is 5.41 Å². The molecule has 5 rings (SSSR count). The molecule has 0 heterocycles. The van der Waals surface area contributed by atoms with Crippen molar-refractivity contribution < 1.29 is 10.2 Å². The van der Waals surface area contributed by atoms with E-state index in [1.807, 2.05) is 0 Å². The van der Waals surface area contributed by atoms with E-state index in [4.69, 9.17) is 0 Å². The zero-order chi connectivity index (χ0) is 19.5. The minimum Gasteiger partial charge on any atom is -0.393 e. The molecule has 1 aromatic rings. The monoisotopic (exact) mass is 380 g/mol. The summed E-state index contributed by atoms with van der Waals surface area (Å²) in [6.07, 6.45) is 11.2. The summed E-state index contributed by atoms with van der Waals surface area (Å²) < 4.78 is 0. The number of aliphatic hydroxyl groups excluding tert-OH is 2. The van der Waals surface area contributed by atoms with Crippen LogP contribution >= 0.6 is 0 Å². The fraction of sp³-hybridized carbons (Fsp3) is 0.692. The van der Waals surface area contributed by atoms with Crippen LogP contribution in [-0.4, -0.2) is 22.4 Å². The van der Waals surface area contributed by atoms with Gasteiger partial charge in [-0.05, 0) is 91.6 Å². The zero-order valence-electron chi connectivity index (χ0n) is 17.5. The first kappa shape index (κ1) is 18.9. The first-order valence-electron chi connectivity index (χ1n) is 11.5. The number of rotatable bonds is 1. The second-order valence-electron chi connectivity index (χ2n) is 11.0. The Labute approximate surface area is 170 Å². The molecule has 2 N–H and O–H groups in total. The third-order valence-electron chi connectivity index (χ3n) is 9.43. The molecule has 4 aliphatic carbocycles. The zero-order valence-corrected chi connectivity index (χ0v) is 17.5. The summed E-state index contributed by atoms with van der Waals surface area (Å²) in [5.41, 5.74) is 2.86. The fourth-order valence-electron chi connectivity index (χ4n) is 7.87. The quantitative estimate of drug-likeness (QED) is 0.680. The van der Waals surface area contributed by atoms with E-state index >= 15 is 0 Å². The molecule has 0 bridgehead atoms. The van der Waals surface area contributed by atoms with Gasteiger partial charge in [-0.15, -0.1) is 0 Å². The molecule has 0 radical (unpaired) electrons. The highest BCUT2D eigenvalue weighted by Gasteiger charge is 2.59. The van der Waals surface area contributed by atoms with Crippen LogP contribution in [0, 0.1) is 34.5 Å². The summed E-state index contributed by atoms with van der Waals surface area (Å²) in [4.78, 5) is 0. The lowest BCUT2D eigenvalue weighted by atomic mass is 9.48. The maximum atomic E-state index is 11.3. The topological polar surface area (TPSA) is 40.5 Å². The Balaban J connectivity index is 1.42. The van der Waals surface area contributed by atoms with Crippen LogP contribution < -0.4 is 0 Å². The highest BCUT2D eigenvalue weighted by atomic mass is 16.3. The summed E-state index contributed by atoms with van der Waals surface area (Å²) in [6.45, 7) is 4.82. The van der Waals surface area contributed by atoms with Crippen LogP contribution in [0.4, 0.5) is 0 Å². The predicted molar refractivity (Wildman–Crippen MR) is 114 cm³/mol. The van der Waals surface area contributed by atoms with Crippen molar-refractivity contribution in [2.45, 2.75) is 77.4 Å². The number of hydrogen-bond donors (Lipinski definition) is 2. The lowest BCUT2D eigenvalue weighted by Crippen LogP contribution is -2.51. The molecule has 4 aliphatic rings.